The van der Waals surface area contributed by atoms with Crippen LogP contribution in [0.25, 0.3) is 5.69 Å². The lowest BCUT2D eigenvalue weighted by Crippen LogP contribution is -2.25. The third-order valence-corrected chi connectivity index (χ3v) is 3.50. The summed E-state index contributed by atoms with van der Waals surface area (Å²) in [5.41, 5.74) is 6.58. The summed E-state index contributed by atoms with van der Waals surface area (Å²) in [5.74, 6) is -1.49. The van der Waals surface area contributed by atoms with Crippen molar-refractivity contribution in [2.75, 3.05) is 5.73 Å². The molecule has 0 radical (unpaired) electrons. The maximum absolute atomic E-state index is 12.3. The number of nitrogen functional groups attached to an aromatic ring is 1. The minimum absolute atomic E-state index is 0.0523. The lowest BCUT2D eigenvalue weighted by atomic mass is 10.1. The predicted molar refractivity (Wildman–Crippen MR) is 78.4 cm³/mol. The highest BCUT2D eigenvalue weighted by Crippen LogP contribution is 2.24. The molecule has 1 aromatic heterocycles. The van der Waals surface area contributed by atoms with Gasteiger partial charge in [-0.15, -0.1) is 0 Å². The fourth-order valence-electron chi connectivity index (χ4n) is 2.50. The van der Waals surface area contributed by atoms with E-state index in [1.54, 1.807) is 25.1 Å². The van der Waals surface area contributed by atoms with Gasteiger partial charge in [0, 0.05) is 11.6 Å². The van der Waals surface area contributed by atoms with Crippen molar-refractivity contribution >= 4 is 23.9 Å². The lowest BCUT2D eigenvalue weighted by molar-refractivity contribution is 0.0879. The van der Waals surface area contributed by atoms with E-state index in [0.717, 1.165) is 16.2 Å². The summed E-state index contributed by atoms with van der Waals surface area (Å²) in [6, 6.07) is 5.93. The van der Waals surface area contributed by atoms with Crippen LogP contribution in [0.2, 0.25) is 0 Å². The highest BCUT2D eigenvalue weighted by molar-refractivity contribution is 6.23. The first-order valence-electron chi connectivity index (χ1n) is 6.41. The van der Waals surface area contributed by atoms with Crippen LogP contribution in [0.15, 0.2) is 29.1 Å². The normalized spacial score (nSPS) is 13.0. The van der Waals surface area contributed by atoms with Gasteiger partial charge in [0.25, 0.3) is 17.4 Å². The standard InChI is InChI=1S/C15H11N3O4/c1-7-2-3-10(8(4-7)6-19)18-11(20)5-9-12(13(18)16)15(22)17-14(9)21/h2-6H,16H2,1H3,(H,17,21,22). The third-order valence-electron chi connectivity index (χ3n) is 3.50. The quantitative estimate of drug-likeness (QED) is 0.616. The van der Waals surface area contributed by atoms with E-state index >= 15 is 0 Å². The number of aryl methyl sites for hydroxylation is 1. The van der Waals surface area contributed by atoms with Crippen LogP contribution in [0.5, 0.6) is 0 Å². The molecule has 0 atom stereocenters. The van der Waals surface area contributed by atoms with E-state index in [0.29, 0.717) is 6.29 Å². The van der Waals surface area contributed by atoms with Crippen molar-refractivity contribution in [2.24, 2.45) is 0 Å². The van der Waals surface area contributed by atoms with Crippen LogP contribution in [-0.4, -0.2) is 22.7 Å². The second-order valence-electron chi connectivity index (χ2n) is 4.96. The van der Waals surface area contributed by atoms with Gasteiger partial charge in [0.05, 0.1) is 16.8 Å². The molecule has 1 aromatic carbocycles. The first kappa shape index (κ1) is 13.7. The number of anilines is 1. The van der Waals surface area contributed by atoms with E-state index in [4.69, 9.17) is 5.73 Å². The van der Waals surface area contributed by atoms with Gasteiger partial charge in [-0.2, -0.15) is 0 Å². The number of benzene rings is 1. The van der Waals surface area contributed by atoms with Crippen LogP contribution in [0, 0.1) is 6.92 Å². The molecule has 3 N–H and O–H groups in total. The van der Waals surface area contributed by atoms with E-state index in [2.05, 4.69) is 5.32 Å². The molecule has 2 heterocycles. The summed E-state index contributed by atoms with van der Waals surface area (Å²) in [5, 5.41) is 2.09. The zero-order valence-electron chi connectivity index (χ0n) is 11.5. The van der Waals surface area contributed by atoms with Crippen LogP contribution < -0.4 is 16.6 Å². The van der Waals surface area contributed by atoms with Gasteiger partial charge in [-0.05, 0) is 19.1 Å². The number of hydrogen-bond acceptors (Lipinski definition) is 5. The van der Waals surface area contributed by atoms with E-state index in [9.17, 15) is 19.2 Å². The molecule has 0 fully saturated rings. The molecule has 0 saturated carbocycles. The summed E-state index contributed by atoms with van der Waals surface area (Å²) < 4.78 is 1.06. The maximum Gasteiger partial charge on any atom is 0.262 e. The Morgan fingerprint density at radius 1 is 1.14 bits per heavy atom. The number of nitrogens with one attached hydrogen (secondary N) is 1. The van der Waals surface area contributed by atoms with Gasteiger partial charge in [-0.25, -0.2) is 0 Å². The zero-order chi connectivity index (χ0) is 16.0. The second-order valence-corrected chi connectivity index (χ2v) is 4.96. The fourth-order valence-corrected chi connectivity index (χ4v) is 2.50. The Morgan fingerprint density at radius 3 is 2.55 bits per heavy atom. The number of pyridine rings is 1. The van der Waals surface area contributed by atoms with Crippen molar-refractivity contribution < 1.29 is 14.4 Å². The minimum atomic E-state index is -0.661. The Balaban J connectivity index is 2.37. The number of nitrogens with two attached hydrogens (primary N) is 1. The average molecular weight is 297 g/mol. The minimum Gasteiger partial charge on any atom is -0.384 e. The molecule has 7 heteroatoms. The van der Waals surface area contributed by atoms with Gasteiger partial charge in [0.15, 0.2) is 6.29 Å². The number of aromatic nitrogens is 1. The number of carbonyl (C=O) groups is 3. The lowest BCUT2D eigenvalue weighted by Gasteiger charge is -2.14. The molecule has 3 rings (SSSR count). The van der Waals surface area contributed by atoms with E-state index in [1.165, 1.54) is 0 Å². The van der Waals surface area contributed by atoms with Crippen LogP contribution >= 0.6 is 0 Å². The van der Waals surface area contributed by atoms with Crippen molar-refractivity contribution in [2.45, 2.75) is 6.92 Å². The van der Waals surface area contributed by atoms with E-state index in [1.807, 2.05) is 0 Å². The number of fused-ring (bicyclic) bond motifs is 1. The molecule has 1 aliphatic rings. The fraction of sp³-hybridized carbons (Fsp3) is 0.0667. The Morgan fingerprint density at radius 2 is 1.86 bits per heavy atom. The SMILES string of the molecule is Cc1ccc(-n2c(N)c3c(cc2=O)C(=O)NC3=O)c(C=O)c1. The number of hydrogen-bond donors (Lipinski definition) is 2. The number of nitrogens with zero attached hydrogens (tertiary/aromatic N) is 1. The predicted octanol–water partition coefficient (Wildman–Crippen LogP) is 0.424. The molecule has 0 aliphatic carbocycles. The van der Waals surface area contributed by atoms with Crippen LogP contribution in [0.4, 0.5) is 5.82 Å². The van der Waals surface area contributed by atoms with Gasteiger partial charge in [0.2, 0.25) is 0 Å². The number of amides is 2. The summed E-state index contributed by atoms with van der Waals surface area (Å²) in [4.78, 5) is 46.9. The molecule has 0 bridgehead atoms. The first-order chi connectivity index (χ1) is 10.4. The molecule has 7 nitrogen and oxygen atoms in total. The third kappa shape index (κ3) is 1.83. The van der Waals surface area contributed by atoms with Gasteiger partial charge in [-0.1, -0.05) is 11.6 Å². The van der Waals surface area contributed by atoms with Crippen LogP contribution in [0.3, 0.4) is 0 Å². The van der Waals surface area contributed by atoms with Crippen LogP contribution in [-0.2, 0) is 0 Å². The number of imide groups is 1. The van der Waals surface area contributed by atoms with Gasteiger partial charge >= 0.3 is 0 Å². The smallest absolute Gasteiger partial charge is 0.262 e. The van der Waals surface area contributed by atoms with Crippen molar-refractivity contribution in [3.63, 3.8) is 0 Å². The highest BCUT2D eigenvalue weighted by atomic mass is 16.2. The first-order valence-corrected chi connectivity index (χ1v) is 6.41. The molecule has 1 aliphatic heterocycles. The molecule has 2 amide bonds. The topological polar surface area (TPSA) is 111 Å². The van der Waals surface area contributed by atoms with Gasteiger partial charge in [0.1, 0.15) is 5.82 Å². The Kier molecular flexibility index (Phi) is 2.91. The van der Waals surface area contributed by atoms with Crippen molar-refractivity contribution in [3.8, 4) is 5.69 Å². The second kappa shape index (κ2) is 4.66. The number of aldehydes is 1. The molecule has 110 valence electrons. The summed E-state index contributed by atoms with van der Waals surface area (Å²) in [7, 11) is 0. The van der Waals surface area contributed by atoms with E-state index < -0.39 is 17.4 Å². The van der Waals surface area contributed by atoms with Gasteiger partial charge < -0.3 is 5.73 Å². The monoisotopic (exact) mass is 297 g/mol. The molecular formula is C15H11N3O4. The Bertz CT molecular complexity index is 912. The molecule has 2 aromatic rings. The van der Waals surface area contributed by atoms with Crippen LogP contribution in [0.1, 0.15) is 36.6 Å². The zero-order valence-corrected chi connectivity index (χ0v) is 11.5. The van der Waals surface area contributed by atoms with Gasteiger partial charge in [-0.3, -0.25) is 29.1 Å². The van der Waals surface area contributed by atoms with Crippen molar-refractivity contribution in [3.05, 3.63) is 56.9 Å². The largest absolute Gasteiger partial charge is 0.384 e. The van der Waals surface area contributed by atoms with E-state index in [-0.39, 0.29) is 28.2 Å². The summed E-state index contributed by atoms with van der Waals surface area (Å²) in [6.45, 7) is 1.80. The van der Waals surface area contributed by atoms with Crippen molar-refractivity contribution in [1.82, 2.24) is 9.88 Å². The highest BCUT2D eigenvalue weighted by Gasteiger charge is 2.32. The molecule has 0 unspecified atom stereocenters. The summed E-state index contributed by atoms with van der Waals surface area (Å²) >= 11 is 0. The average Bonchev–Trinajstić information content (AvgIpc) is 2.75. The summed E-state index contributed by atoms with van der Waals surface area (Å²) in [6.07, 6.45) is 0.604. The molecule has 0 spiro atoms. The van der Waals surface area contributed by atoms with Crippen molar-refractivity contribution in [1.29, 1.82) is 0 Å². The number of carbonyl (C=O) groups excluding carboxylic acids is 3. The number of rotatable bonds is 2. The Hall–Kier alpha value is -3.22. The maximum atomic E-state index is 12.3. The molecule has 0 saturated heterocycles. The Labute approximate surface area is 124 Å². The molecule has 22 heavy (non-hydrogen) atoms. The molecular weight excluding hydrogens is 286 g/mol.